The standard InChI is InChI=1S/C13H21ClN4O/c1-3-5-15-13-16-8-11(14)12(17-13)18-6-7-19-10(4-2)9-18/h8,10H,3-7,9H2,1-2H3,(H,15,16,17). The Kier molecular flexibility index (Phi) is 5.22. The van der Waals surface area contributed by atoms with Gasteiger partial charge in [-0.05, 0) is 12.8 Å². The summed E-state index contributed by atoms with van der Waals surface area (Å²) in [6.07, 6.45) is 3.96. The second kappa shape index (κ2) is 6.91. The Morgan fingerprint density at radius 2 is 2.37 bits per heavy atom. The van der Waals surface area contributed by atoms with E-state index in [1.165, 1.54) is 0 Å². The third-order valence-electron chi connectivity index (χ3n) is 3.15. The van der Waals surface area contributed by atoms with Gasteiger partial charge >= 0.3 is 0 Å². The summed E-state index contributed by atoms with van der Waals surface area (Å²) in [5, 5.41) is 3.78. The monoisotopic (exact) mass is 284 g/mol. The molecule has 5 nitrogen and oxygen atoms in total. The van der Waals surface area contributed by atoms with E-state index in [-0.39, 0.29) is 6.10 Å². The van der Waals surface area contributed by atoms with Crippen LogP contribution in [0, 0.1) is 0 Å². The van der Waals surface area contributed by atoms with E-state index in [0.29, 0.717) is 11.0 Å². The first-order chi connectivity index (χ1) is 9.24. The van der Waals surface area contributed by atoms with Crippen molar-refractivity contribution in [3.05, 3.63) is 11.2 Å². The van der Waals surface area contributed by atoms with Gasteiger partial charge in [0.15, 0.2) is 5.82 Å². The van der Waals surface area contributed by atoms with Crippen LogP contribution in [0.2, 0.25) is 5.02 Å². The topological polar surface area (TPSA) is 50.3 Å². The first-order valence-corrected chi connectivity index (χ1v) is 7.25. The highest BCUT2D eigenvalue weighted by Crippen LogP contribution is 2.25. The minimum absolute atomic E-state index is 0.256. The first-order valence-electron chi connectivity index (χ1n) is 6.87. The number of morpholine rings is 1. The number of halogens is 1. The predicted octanol–water partition coefficient (Wildman–Crippen LogP) is 2.57. The molecule has 0 radical (unpaired) electrons. The van der Waals surface area contributed by atoms with Crippen LogP contribution in [0.3, 0.4) is 0 Å². The second-order valence-electron chi connectivity index (χ2n) is 4.64. The second-order valence-corrected chi connectivity index (χ2v) is 5.05. The van der Waals surface area contributed by atoms with Gasteiger partial charge in [-0.15, -0.1) is 0 Å². The molecule has 0 aliphatic carbocycles. The smallest absolute Gasteiger partial charge is 0.224 e. The van der Waals surface area contributed by atoms with Crippen molar-refractivity contribution in [2.24, 2.45) is 0 Å². The summed E-state index contributed by atoms with van der Waals surface area (Å²) in [7, 11) is 0. The number of anilines is 2. The molecule has 6 heteroatoms. The third kappa shape index (κ3) is 3.70. The zero-order valence-corrected chi connectivity index (χ0v) is 12.3. The Balaban J connectivity index is 2.13. The van der Waals surface area contributed by atoms with Gasteiger partial charge in [-0.3, -0.25) is 0 Å². The van der Waals surface area contributed by atoms with Crippen LogP contribution in [-0.4, -0.2) is 42.3 Å². The van der Waals surface area contributed by atoms with E-state index in [0.717, 1.165) is 44.9 Å². The van der Waals surface area contributed by atoms with Crippen molar-refractivity contribution in [3.8, 4) is 0 Å². The Bertz CT molecular complexity index is 416. The number of nitrogens with one attached hydrogen (secondary N) is 1. The van der Waals surface area contributed by atoms with Gasteiger partial charge in [0.1, 0.15) is 5.02 Å². The Labute approximate surface area is 119 Å². The van der Waals surface area contributed by atoms with Crippen molar-refractivity contribution in [2.45, 2.75) is 32.8 Å². The molecule has 0 spiro atoms. The van der Waals surface area contributed by atoms with Gasteiger partial charge in [0.05, 0.1) is 18.9 Å². The van der Waals surface area contributed by atoms with Crippen LogP contribution < -0.4 is 10.2 Å². The van der Waals surface area contributed by atoms with Crippen LogP contribution in [0.15, 0.2) is 6.20 Å². The summed E-state index contributed by atoms with van der Waals surface area (Å²) in [6, 6.07) is 0. The lowest BCUT2D eigenvalue weighted by Crippen LogP contribution is -2.42. The zero-order chi connectivity index (χ0) is 13.7. The molecule has 0 saturated carbocycles. The van der Waals surface area contributed by atoms with Crippen LogP contribution in [0.4, 0.5) is 11.8 Å². The summed E-state index contributed by atoms with van der Waals surface area (Å²) in [6.45, 7) is 7.47. The molecule has 0 bridgehead atoms. The van der Waals surface area contributed by atoms with Crippen LogP contribution in [0.5, 0.6) is 0 Å². The molecule has 1 N–H and O–H groups in total. The molecule has 0 amide bonds. The van der Waals surface area contributed by atoms with E-state index in [1.807, 2.05) is 0 Å². The summed E-state index contributed by atoms with van der Waals surface area (Å²) < 4.78 is 5.67. The minimum atomic E-state index is 0.256. The quantitative estimate of drug-likeness (QED) is 0.900. The van der Waals surface area contributed by atoms with Gasteiger partial charge in [0.25, 0.3) is 0 Å². The number of ether oxygens (including phenoxy) is 1. The Hall–Kier alpha value is -1.07. The van der Waals surface area contributed by atoms with E-state index < -0.39 is 0 Å². The summed E-state index contributed by atoms with van der Waals surface area (Å²) >= 11 is 6.22. The highest BCUT2D eigenvalue weighted by molar-refractivity contribution is 6.32. The highest BCUT2D eigenvalue weighted by atomic mass is 35.5. The average molecular weight is 285 g/mol. The highest BCUT2D eigenvalue weighted by Gasteiger charge is 2.22. The van der Waals surface area contributed by atoms with Crippen LogP contribution >= 0.6 is 11.6 Å². The molecule has 0 aromatic carbocycles. The van der Waals surface area contributed by atoms with E-state index in [4.69, 9.17) is 16.3 Å². The largest absolute Gasteiger partial charge is 0.375 e. The van der Waals surface area contributed by atoms with E-state index in [2.05, 4.69) is 34.0 Å². The first kappa shape index (κ1) is 14.3. The van der Waals surface area contributed by atoms with Crippen molar-refractivity contribution >= 4 is 23.4 Å². The molecule has 19 heavy (non-hydrogen) atoms. The predicted molar refractivity (Wildman–Crippen MR) is 78.1 cm³/mol. The molecule has 1 aromatic rings. The molecule has 1 saturated heterocycles. The number of hydrogen-bond donors (Lipinski definition) is 1. The number of nitrogens with zero attached hydrogens (tertiary/aromatic N) is 3. The van der Waals surface area contributed by atoms with Crippen molar-refractivity contribution in [1.82, 2.24) is 9.97 Å². The molecular weight excluding hydrogens is 264 g/mol. The zero-order valence-electron chi connectivity index (χ0n) is 11.5. The number of hydrogen-bond acceptors (Lipinski definition) is 5. The van der Waals surface area contributed by atoms with E-state index >= 15 is 0 Å². The van der Waals surface area contributed by atoms with Crippen LogP contribution in [0.1, 0.15) is 26.7 Å². The van der Waals surface area contributed by atoms with Crippen LogP contribution in [-0.2, 0) is 4.74 Å². The number of aromatic nitrogens is 2. The van der Waals surface area contributed by atoms with Crippen molar-refractivity contribution in [3.63, 3.8) is 0 Å². The van der Waals surface area contributed by atoms with Gasteiger partial charge < -0.3 is 15.0 Å². The maximum atomic E-state index is 6.22. The normalized spacial score (nSPS) is 19.5. The fourth-order valence-electron chi connectivity index (χ4n) is 2.06. The van der Waals surface area contributed by atoms with Crippen molar-refractivity contribution in [1.29, 1.82) is 0 Å². The third-order valence-corrected chi connectivity index (χ3v) is 3.42. The van der Waals surface area contributed by atoms with E-state index in [1.54, 1.807) is 6.20 Å². The molecule has 1 aliphatic heterocycles. The molecule has 106 valence electrons. The molecule has 1 unspecified atom stereocenters. The van der Waals surface area contributed by atoms with E-state index in [9.17, 15) is 0 Å². The van der Waals surface area contributed by atoms with Crippen molar-refractivity contribution in [2.75, 3.05) is 36.5 Å². The minimum Gasteiger partial charge on any atom is -0.375 e. The molecule has 1 fully saturated rings. The molecular formula is C13H21ClN4O. The summed E-state index contributed by atoms with van der Waals surface area (Å²) in [4.78, 5) is 10.9. The average Bonchev–Trinajstić information content (AvgIpc) is 2.46. The lowest BCUT2D eigenvalue weighted by molar-refractivity contribution is 0.0382. The lowest BCUT2D eigenvalue weighted by Gasteiger charge is -2.33. The van der Waals surface area contributed by atoms with Crippen LogP contribution in [0.25, 0.3) is 0 Å². The maximum Gasteiger partial charge on any atom is 0.224 e. The van der Waals surface area contributed by atoms with Gasteiger partial charge in [-0.2, -0.15) is 4.98 Å². The lowest BCUT2D eigenvalue weighted by atomic mass is 10.2. The van der Waals surface area contributed by atoms with Gasteiger partial charge in [0, 0.05) is 19.6 Å². The molecule has 1 atom stereocenters. The van der Waals surface area contributed by atoms with Gasteiger partial charge in [-0.25, -0.2) is 4.98 Å². The molecule has 1 aromatic heterocycles. The number of rotatable bonds is 5. The van der Waals surface area contributed by atoms with Crippen molar-refractivity contribution < 1.29 is 4.74 Å². The fraction of sp³-hybridized carbons (Fsp3) is 0.692. The Morgan fingerprint density at radius 3 is 3.11 bits per heavy atom. The van der Waals surface area contributed by atoms with Gasteiger partial charge in [0.2, 0.25) is 5.95 Å². The summed E-state index contributed by atoms with van der Waals surface area (Å²) in [5.74, 6) is 1.44. The van der Waals surface area contributed by atoms with Gasteiger partial charge in [-0.1, -0.05) is 25.4 Å². The SMILES string of the molecule is CCCNc1ncc(Cl)c(N2CCOC(CC)C2)n1. The maximum absolute atomic E-state index is 6.22. The Morgan fingerprint density at radius 1 is 1.53 bits per heavy atom. The molecule has 2 rings (SSSR count). The summed E-state index contributed by atoms with van der Waals surface area (Å²) in [5.41, 5.74) is 0. The fourth-order valence-corrected chi connectivity index (χ4v) is 2.27. The molecule has 1 aliphatic rings. The molecule has 2 heterocycles.